The number of ether oxygens (including phenoxy) is 1. The zero-order valence-corrected chi connectivity index (χ0v) is 12.5. The van der Waals surface area contributed by atoms with E-state index in [0.717, 1.165) is 42.4 Å². The standard InChI is InChI=1S/C18H18N2O2/c1-21-15-8-6-13(7-9-15)14-10-11-20(12-14)18-19-16-4-2-3-5-17(16)22-18/h2-9,14H,10-12H2,1H3. The van der Waals surface area contributed by atoms with Gasteiger partial charge < -0.3 is 14.1 Å². The summed E-state index contributed by atoms with van der Waals surface area (Å²) >= 11 is 0. The van der Waals surface area contributed by atoms with Crippen molar-refractivity contribution in [2.24, 2.45) is 0 Å². The number of oxazole rings is 1. The van der Waals surface area contributed by atoms with E-state index in [0.29, 0.717) is 5.92 Å². The van der Waals surface area contributed by atoms with Crippen molar-refractivity contribution < 1.29 is 9.15 Å². The summed E-state index contributed by atoms with van der Waals surface area (Å²) in [6, 6.07) is 17.0. The van der Waals surface area contributed by atoms with E-state index in [9.17, 15) is 0 Å². The van der Waals surface area contributed by atoms with E-state index in [4.69, 9.17) is 9.15 Å². The fraction of sp³-hybridized carbons (Fsp3) is 0.278. The van der Waals surface area contributed by atoms with Crippen LogP contribution in [0.5, 0.6) is 5.75 Å². The van der Waals surface area contributed by atoms with Crippen LogP contribution in [-0.4, -0.2) is 25.2 Å². The SMILES string of the molecule is COc1ccc(C2CCN(c3nc4ccccc4o3)C2)cc1. The van der Waals surface area contributed by atoms with Crippen LogP contribution in [-0.2, 0) is 0 Å². The Morgan fingerprint density at radius 2 is 1.95 bits per heavy atom. The first kappa shape index (κ1) is 13.2. The molecule has 0 amide bonds. The summed E-state index contributed by atoms with van der Waals surface area (Å²) in [4.78, 5) is 6.82. The first-order valence-electron chi connectivity index (χ1n) is 7.58. The first-order valence-corrected chi connectivity index (χ1v) is 7.58. The molecular formula is C18H18N2O2. The van der Waals surface area contributed by atoms with E-state index >= 15 is 0 Å². The summed E-state index contributed by atoms with van der Waals surface area (Å²) in [7, 11) is 1.69. The van der Waals surface area contributed by atoms with Crippen LogP contribution in [0.2, 0.25) is 0 Å². The van der Waals surface area contributed by atoms with E-state index in [1.54, 1.807) is 7.11 Å². The van der Waals surface area contributed by atoms with Crippen molar-refractivity contribution in [3.8, 4) is 5.75 Å². The van der Waals surface area contributed by atoms with Gasteiger partial charge in [-0.25, -0.2) is 0 Å². The Hall–Kier alpha value is -2.49. The number of para-hydroxylation sites is 2. The van der Waals surface area contributed by atoms with Gasteiger partial charge in [0.25, 0.3) is 6.01 Å². The number of hydrogen-bond donors (Lipinski definition) is 0. The number of benzene rings is 2. The van der Waals surface area contributed by atoms with Crippen molar-refractivity contribution in [1.82, 2.24) is 4.98 Å². The molecule has 2 heterocycles. The van der Waals surface area contributed by atoms with Gasteiger partial charge in [0.1, 0.15) is 11.3 Å². The topological polar surface area (TPSA) is 38.5 Å². The van der Waals surface area contributed by atoms with Crippen molar-refractivity contribution in [1.29, 1.82) is 0 Å². The number of methoxy groups -OCH3 is 1. The predicted octanol–water partition coefficient (Wildman–Crippen LogP) is 3.83. The molecule has 112 valence electrons. The van der Waals surface area contributed by atoms with Crippen molar-refractivity contribution in [3.05, 3.63) is 54.1 Å². The van der Waals surface area contributed by atoms with Crippen LogP contribution in [0.25, 0.3) is 11.1 Å². The van der Waals surface area contributed by atoms with Gasteiger partial charge in [-0.1, -0.05) is 24.3 Å². The highest BCUT2D eigenvalue weighted by atomic mass is 16.5. The molecule has 4 rings (SSSR count). The highest BCUT2D eigenvalue weighted by Crippen LogP contribution is 2.32. The molecule has 1 atom stereocenters. The Bertz CT molecular complexity index is 746. The third kappa shape index (κ3) is 2.30. The van der Waals surface area contributed by atoms with Crippen LogP contribution in [0.1, 0.15) is 17.9 Å². The maximum Gasteiger partial charge on any atom is 0.298 e. The monoisotopic (exact) mass is 294 g/mol. The molecule has 0 spiro atoms. The maximum absolute atomic E-state index is 5.87. The van der Waals surface area contributed by atoms with Crippen LogP contribution < -0.4 is 9.64 Å². The smallest absolute Gasteiger partial charge is 0.298 e. The quantitative estimate of drug-likeness (QED) is 0.736. The minimum atomic E-state index is 0.515. The molecule has 3 aromatic rings. The normalized spacial score (nSPS) is 18.0. The first-order chi connectivity index (χ1) is 10.8. The van der Waals surface area contributed by atoms with Crippen LogP contribution in [0.4, 0.5) is 6.01 Å². The molecular weight excluding hydrogens is 276 g/mol. The van der Waals surface area contributed by atoms with Crippen LogP contribution in [0.15, 0.2) is 52.9 Å². The third-order valence-electron chi connectivity index (χ3n) is 4.33. The van der Waals surface area contributed by atoms with E-state index < -0.39 is 0 Å². The summed E-state index contributed by atoms with van der Waals surface area (Å²) in [5.74, 6) is 1.42. The zero-order valence-electron chi connectivity index (χ0n) is 12.5. The lowest BCUT2D eigenvalue weighted by Gasteiger charge is -2.14. The van der Waals surface area contributed by atoms with E-state index in [1.807, 2.05) is 36.4 Å². The largest absolute Gasteiger partial charge is 0.497 e. The summed E-state index contributed by atoms with van der Waals surface area (Å²) in [5.41, 5.74) is 3.12. The molecule has 1 unspecified atom stereocenters. The van der Waals surface area contributed by atoms with Crippen molar-refractivity contribution >= 4 is 17.1 Å². The van der Waals surface area contributed by atoms with Crippen molar-refractivity contribution in [2.45, 2.75) is 12.3 Å². The molecule has 0 bridgehead atoms. The average Bonchev–Trinajstić information content (AvgIpc) is 3.21. The fourth-order valence-electron chi connectivity index (χ4n) is 3.08. The minimum Gasteiger partial charge on any atom is -0.497 e. The lowest BCUT2D eigenvalue weighted by atomic mass is 9.98. The van der Waals surface area contributed by atoms with Crippen LogP contribution in [0, 0.1) is 0 Å². The number of nitrogens with zero attached hydrogens (tertiary/aromatic N) is 2. The molecule has 1 aliphatic rings. The molecule has 0 N–H and O–H groups in total. The summed E-state index contributed by atoms with van der Waals surface area (Å²) < 4.78 is 11.1. The number of rotatable bonds is 3. The Morgan fingerprint density at radius 3 is 2.73 bits per heavy atom. The van der Waals surface area contributed by atoms with Gasteiger partial charge in [0, 0.05) is 19.0 Å². The molecule has 4 nitrogen and oxygen atoms in total. The molecule has 1 aliphatic heterocycles. The molecule has 0 saturated carbocycles. The maximum atomic E-state index is 5.87. The zero-order chi connectivity index (χ0) is 14.9. The Morgan fingerprint density at radius 1 is 1.14 bits per heavy atom. The number of fused-ring (bicyclic) bond motifs is 1. The lowest BCUT2D eigenvalue weighted by Crippen LogP contribution is -2.19. The van der Waals surface area contributed by atoms with Crippen LogP contribution in [0.3, 0.4) is 0 Å². The van der Waals surface area contributed by atoms with Crippen molar-refractivity contribution in [3.63, 3.8) is 0 Å². The molecule has 0 radical (unpaired) electrons. The second-order valence-electron chi connectivity index (χ2n) is 5.67. The van der Waals surface area contributed by atoms with Gasteiger partial charge in [-0.05, 0) is 36.2 Å². The molecule has 4 heteroatoms. The molecule has 0 aliphatic carbocycles. The number of aromatic nitrogens is 1. The van der Waals surface area contributed by atoms with E-state index in [-0.39, 0.29) is 0 Å². The molecule has 2 aromatic carbocycles. The van der Waals surface area contributed by atoms with Gasteiger partial charge in [-0.2, -0.15) is 4.98 Å². The number of anilines is 1. The van der Waals surface area contributed by atoms with Crippen molar-refractivity contribution in [2.75, 3.05) is 25.1 Å². The fourth-order valence-corrected chi connectivity index (χ4v) is 3.08. The average molecular weight is 294 g/mol. The Labute approximate surface area is 129 Å². The number of hydrogen-bond acceptors (Lipinski definition) is 4. The van der Waals surface area contributed by atoms with Gasteiger partial charge in [-0.3, -0.25) is 0 Å². The molecule has 1 aromatic heterocycles. The molecule has 22 heavy (non-hydrogen) atoms. The van der Waals surface area contributed by atoms with Crippen LogP contribution >= 0.6 is 0 Å². The Balaban J connectivity index is 1.53. The summed E-state index contributed by atoms with van der Waals surface area (Å²) in [6.07, 6.45) is 1.12. The second kappa shape index (κ2) is 5.37. The predicted molar refractivity (Wildman–Crippen MR) is 86.6 cm³/mol. The van der Waals surface area contributed by atoms with Gasteiger partial charge >= 0.3 is 0 Å². The van der Waals surface area contributed by atoms with Gasteiger partial charge in [0.05, 0.1) is 7.11 Å². The van der Waals surface area contributed by atoms with E-state index in [1.165, 1.54) is 5.56 Å². The lowest BCUT2D eigenvalue weighted by molar-refractivity contribution is 0.414. The second-order valence-corrected chi connectivity index (χ2v) is 5.67. The third-order valence-corrected chi connectivity index (χ3v) is 4.33. The van der Waals surface area contributed by atoms with Gasteiger partial charge in [-0.15, -0.1) is 0 Å². The highest BCUT2D eigenvalue weighted by molar-refractivity contribution is 5.74. The van der Waals surface area contributed by atoms with E-state index in [2.05, 4.69) is 22.0 Å². The molecule has 1 saturated heterocycles. The molecule has 1 fully saturated rings. The Kier molecular flexibility index (Phi) is 3.22. The minimum absolute atomic E-state index is 0.515. The summed E-state index contributed by atoms with van der Waals surface area (Å²) in [6.45, 7) is 1.92. The highest BCUT2D eigenvalue weighted by Gasteiger charge is 2.27. The van der Waals surface area contributed by atoms with Gasteiger partial charge in [0.2, 0.25) is 0 Å². The van der Waals surface area contributed by atoms with Gasteiger partial charge in [0.15, 0.2) is 5.58 Å². The summed E-state index contributed by atoms with van der Waals surface area (Å²) in [5, 5.41) is 0.